The molecule has 0 aliphatic heterocycles. The number of fused-ring (bicyclic) bond motifs is 5. The molecule has 1 heterocycles. The van der Waals surface area contributed by atoms with Gasteiger partial charge < -0.3 is 14.0 Å². The minimum Gasteiger partial charge on any atom is -0.493 e. The maximum absolute atomic E-state index is 12.7. The van der Waals surface area contributed by atoms with Gasteiger partial charge in [-0.05, 0) is 34.7 Å². The van der Waals surface area contributed by atoms with E-state index in [2.05, 4.69) is 0 Å². The van der Waals surface area contributed by atoms with Crippen LogP contribution in [0, 0.1) is 0 Å². The van der Waals surface area contributed by atoms with E-state index in [4.69, 9.17) is 9.47 Å². The molecule has 0 radical (unpaired) electrons. The molecule has 0 bridgehead atoms. The van der Waals surface area contributed by atoms with Crippen molar-refractivity contribution in [1.82, 2.24) is 4.57 Å². The molecule has 1 aliphatic carbocycles. The minimum atomic E-state index is 0.0296. The van der Waals surface area contributed by atoms with Crippen LogP contribution in [0.15, 0.2) is 41.2 Å². The minimum absolute atomic E-state index is 0.0296. The van der Waals surface area contributed by atoms with Crippen LogP contribution in [0.4, 0.5) is 0 Å². The van der Waals surface area contributed by atoms with E-state index in [9.17, 15) is 4.79 Å². The van der Waals surface area contributed by atoms with Gasteiger partial charge in [0, 0.05) is 24.4 Å². The fraction of sp³-hybridized carbons (Fsp3) is 0.211. The first-order valence-electron chi connectivity index (χ1n) is 7.51. The average Bonchev–Trinajstić information content (AvgIpc) is 2.97. The summed E-state index contributed by atoms with van der Waals surface area (Å²) in [5, 5.41) is 1.79. The van der Waals surface area contributed by atoms with Gasteiger partial charge in [-0.2, -0.15) is 0 Å². The SMILES string of the molecule is COc1cc2c(cc1OC)-c1c(c3ccccc3c(=O)n1C)C2. The molecule has 2 aromatic carbocycles. The van der Waals surface area contributed by atoms with E-state index >= 15 is 0 Å². The van der Waals surface area contributed by atoms with Gasteiger partial charge in [-0.1, -0.05) is 18.2 Å². The van der Waals surface area contributed by atoms with Crippen molar-refractivity contribution >= 4 is 10.8 Å². The third-order valence-corrected chi connectivity index (χ3v) is 4.64. The zero-order valence-electron chi connectivity index (χ0n) is 13.3. The van der Waals surface area contributed by atoms with Crippen LogP contribution < -0.4 is 15.0 Å². The van der Waals surface area contributed by atoms with Gasteiger partial charge in [0.05, 0.1) is 19.9 Å². The summed E-state index contributed by atoms with van der Waals surface area (Å²) >= 11 is 0. The van der Waals surface area contributed by atoms with Gasteiger partial charge in [-0.3, -0.25) is 4.79 Å². The van der Waals surface area contributed by atoms with Crippen LogP contribution >= 0.6 is 0 Å². The van der Waals surface area contributed by atoms with Gasteiger partial charge in [0.2, 0.25) is 0 Å². The Labute approximate surface area is 133 Å². The van der Waals surface area contributed by atoms with Crippen molar-refractivity contribution in [3.05, 3.63) is 57.9 Å². The molecular weight excluding hydrogens is 290 g/mol. The fourth-order valence-electron chi connectivity index (χ4n) is 3.55. The quantitative estimate of drug-likeness (QED) is 0.571. The standard InChI is InChI=1S/C19H17NO3/c1-20-18-14-10-17(23-3)16(22-2)9-11(14)8-15(18)12-6-4-5-7-13(12)19(20)21/h4-7,9-10H,8H2,1-3H3. The molecule has 0 N–H and O–H groups in total. The molecule has 1 aromatic heterocycles. The Balaban J connectivity index is 2.10. The van der Waals surface area contributed by atoms with Crippen molar-refractivity contribution in [3.63, 3.8) is 0 Å². The molecule has 4 rings (SSSR count). The zero-order valence-corrected chi connectivity index (χ0v) is 13.3. The second-order valence-corrected chi connectivity index (χ2v) is 5.78. The molecule has 116 valence electrons. The second kappa shape index (κ2) is 4.88. The topological polar surface area (TPSA) is 40.5 Å². The lowest BCUT2D eigenvalue weighted by molar-refractivity contribution is 0.355. The number of benzene rings is 2. The predicted molar refractivity (Wildman–Crippen MR) is 90.5 cm³/mol. The summed E-state index contributed by atoms with van der Waals surface area (Å²) in [6.07, 6.45) is 0.791. The molecule has 0 amide bonds. The molecule has 0 fully saturated rings. The van der Waals surface area contributed by atoms with Gasteiger partial charge >= 0.3 is 0 Å². The van der Waals surface area contributed by atoms with Crippen molar-refractivity contribution in [1.29, 1.82) is 0 Å². The lowest BCUT2D eigenvalue weighted by Gasteiger charge is -2.13. The highest BCUT2D eigenvalue weighted by atomic mass is 16.5. The summed E-state index contributed by atoms with van der Waals surface area (Å²) in [5.41, 5.74) is 4.40. The maximum atomic E-state index is 12.7. The van der Waals surface area contributed by atoms with Crippen molar-refractivity contribution in [3.8, 4) is 22.8 Å². The normalized spacial score (nSPS) is 12.1. The summed E-state index contributed by atoms with van der Waals surface area (Å²) in [5.74, 6) is 1.40. The highest BCUT2D eigenvalue weighted by Crippen LogP contribution is 2.43. The Hall–Kier alpha value is -2.75. The predicted octanol–water partition coefficient (Wildman–Crippen LogP) is 3.13. The van der Waals surface area contributed by atoms with Gasteiger partial charge in [-0.15, -0.1) is 0 Å². The molecule has 4 nitrogen and oxygen atoms in total. The van der Waals surface area contributed by atoms with Crippen molar-refractivity contribution in [2.75, 3.05) is 14.2 Å². The third kappa shape index (κ3) is 1.81. The molecule has 0 atom stereocenters. The number of rotatable bonds is 2. The van der Waals surface area contributed by atoms with Gasteiger partial charge in [0.1, 0.15) is 0 Å². The Morgan fingerprint density at radius 3 is 2.35 bits per heavy atom. The highest BCUT2D eigenvalue weighted by molar-refractivity contribution is 5.93. The third-order valence-electron chi connectivity index (χ3n) is 4.64. The second-order valence-electron chi connectivity index (χ2n) is 5.78. The number of aromatic nitrogens is 1. The zero-order chi connectivity index (χ0) is 16.1. The molecule has 3 aromatic rings. The number of pyridine rings is 1. The van der Waals surface area contributed by atoms with Gasteiger partial charge in [-0.25, -0.2) is 0 Å². The summed E-state index contributed by atoms with van der Waals surface area (Å²) in [7, 11) is 5.09. The number of hydrogen-bond acceptors (Lipinski definition) is 3. The van der Waals surface area contributed by atoms with E-state index in [1.807, 2.05) is 43.4 Å². The first-order valence-corrected chi connectivity index (χ1v) is 7.51. The van der Waals surface area contributed by atoms with Gasteiger partial charge in [0.25, 0.3) is 5.56 Å². The van der Waals surface area contributed by atoms with Gasteiger partial charge in [0.15, 0.2) is 11.5 Å². The Kier molecular flexibility index (Phi) is 2.94. The van der Waals surface area contributed by atoms with Crippen LogP contribution in [0.1, 0.15) is 11.1 Å². The van der Waals surface area contributed by atoms with Crippen LogP contribution in [-0.4, -0.2) is 18.8 Å². The molecular formula is C19H17NO3. The number of hydrogen-bond donors (Lipinski definition) is 0. The van der Waals surface area contributed by atoms with E-state index in [-0.39, 0.29) is 5.56 Å². The van der Waals surface area contributed by atoms with Crippen molar-refractivity contribution in [2.24, 2.45) is 7.05 Å². The molecule has 0 saturated heterocycles. The summed E-state index contributed by atoms with van der Waals surface area (Å²) < 4.78 is 12.6. The molecule has 4 heteroatoms. The lowest BCUT2D eigenvalue weighted by Crippen LogP contribution is -2.19. The van der Waals surface area contributed by atoms with Crippen molar-refractivity contribution < 1.29 is 9.47 Å². The molecule has 0 unspecified atom stereocenters. The van der Waals surface area contributed by atoms with E-state index in [1.54, 1.807) is 18.8 Å². The van der Waals surface area contributed by atoms with E-state index in [0.29, 0.717) is 11.5 Å². The largest absolute Gasteiger partial charge is 0.493 e. The number of nitrogens with zero attached hydrogens (tertiary/aromatic N) is 1. The first-order chi connectivity index (χ1) is 11.2. The van der Waals surface area contributed by atoms with E-state index in [1.165, 1.54) is 5.56 Å². The Bertz CT molecular complexity index is 1000. The fourth-order valence-corrected chi connectivity index (χ4v) is 3.55. The average molecular weight is 307 g/mol. The lowest BCUT2D eigenvalue weighted by atomic mass is 10.0. The Morgan fingerprint density at radius 1 is 1.00 bits per heavy atom. The summed E-state index contributed by atoms with van der Waals surface area (Å²) in [6, 6.07) is 11.8. The van der Waals surface area contributed by atoms with Crippen LogP contribution in [0.25, 0.3) is 22.0 Å². The first kappa shape index (κ1) is 13.9. The Morgan fingerprint density at radius 2 is 1.65 bits per heavy atom. The molecule has 23 heavy (non-hydrogen) atoms. The van der Waals surface area contributed by atoms with Crippen LogP contribution in [0.5, 0.6) is 11.5 Å². The summed E-state index contributed by atoms with van der Waals surface area (Å²) in [6.45, 7) is 0. The van der Waals surface area contributed by atoms with Crippen molar-refractivity contribution in [2.45, 2.75) is 6.42 Å². The number of methoxy groups -OCH3 is 2. The summed E-state index contributed by atoms with van der Waals surface area (Å²) in [4.78, 5) is 12.7. The van der Waals surface area contributed by atoms with E-state index < -0.39 is 0 Å². The maximum Gasteiger partial charge on any atom is 0.258 e. The highest BCUT2D eigenvalue weighted by Gasteiger charge is 2.26. The van der Waals surface area contributed by atoms with Crippen LogP contribution in [-0.2, 0) is 13.5 Å². The van der Waals surface area contributed by atoms with E-state index in [0.717, 1.165) is 34.0 Å². The van der Waals surface area contributed by atoms with Crippen LogP contribution in [0.3, 0.4) is 0 Å². The molecule has 0 spiro atoms. The smallest absolute Gasteiger partial charge is 0.258 e. The number of ether oxygens (including phenoxy) is 2. The molecule has 1 aliphatic rings. The van der Waals surface area contributed by atoms with Crippen LogP contribution in [0.2, 0.25) is 0 Å². The molecule has 0 saturated carbocycles. The monoisotopic (exact) mass is 307 g/mol.